The van der Waals surface area contributed by atoms with Crippen molar-refractivity contribution in [3.63, 3.8) is 0 Å². The number of rotatable bonds is 8. The number of fused-ring (bicyclic) bond motifs is 2. The summed E-state index contributed by atoms with van der Waals surface area (Å²) < 4.78 is 7.81. The summed E-state index contributed by atoms with van der Waals surface area (Å²) in [7, 11) is 2.00. The number of aromatic amines is 1. The molecule has 1 amide bonds. The Balaban J connectivity index is 1.10. The van der Waals surface area contributed by atoms with Gasteiger partial charge in [0.1, 0.15) is 5.82 Å². The molecule has 8 heteroatoms. The minimum atomic E-state index is -0.0415. The highest BCUT2D eigenvalue weighted by atomic mass is 16.4. The van der Waals surface area contributed by atoms with Crippen LogP contribution < -0.4 is 5.32 Å². The zero-order valence-electron chi connectivity index (χ0n) is 17.8. The standard InChI is InChI=1S/C24H24N6O2/c1-30-20-9-5-4-8-19(20)27-21(30)12-13-25-22(31)10-11-23-28-29-24(32-23)14-16-15-26-18-7-3-2-6-17(16)18/h2-9,15,26H,10-14H2,1H3,(H,25,31). The van der Waals surface area contributed by atoms with Crippen LogP contribution in [0, 0.1) is 0 Å². The molecule has 0 spiro atoms. The third-order valence-corrected chi connectivity index (χ3v) is 5.64. The Bertz CT molecular complexity index is 1380. The van der Waals surface area contributed by atoms with Gasteiger partial charge in [-0.2, -0.15) is 0 Å². The number of para-hydroxylation sites is 3. The fraction of sp³-hybridized carbons (Fsp3) is 0.250. The number of nitrogens with zero attached hydrogens (tertiary/aromatic N) is 4. The molecule has 0 unspecified atom stereocenters. The van der Waals surface area contributed by atoms with E-state index in [2.05, 4.69) is 36.1 Å². The van der Waals surface area contributed by atoms with Crippen molar-refractivity contribution in [2.45, 2.75) is 25.7 Å². The van der Waals surface area contributed by atoms with E-state index >= 15 is 0 Å². The predicted molar refractivity (Wildman–Crippen MR) is 121 cm³/mol. The van der Waals surface area contributed by atoms with Crippen LogP contribution >= 0.6 is 0 Å². The van der Waals surface area contributed by atoms with Crippen molar-refractivity contribution in [2.75, 3.05) is 6.54 Å². The van der Waals surface area contributed by atoms with E-state index < -0.39 is 0 Å². The van der Waals surface area contributed by atoms with Crippen molar-refractivity contribution in [1.29, 1.82) is 0 Å². The SMILES string of the molecule is Cn1c(CCNC(=O)CCc2nnc(Cc3c[nH]c4ccccc34)o2)nc2ccccc21. The predicted octanol–water partition coefficient (Wildman–Crippen LogP) is 3.32. The quantitative estimate of drug-likeness (QED) is 0.395. The first-order chi connectivity index (χ1) is 15.7. The first kappa shape index (κ1) is 20.0. The van der Waals surface area contributed by atoms with Crippen LogP contribution in [0.15, 0.2) is 59.1 Å². The van der Waals surface area contributed by atoms with E-state index in [0.29, 0.717) is 44.0 Å². The van der Waals surface area contributed by atoms with Crippen LogP contribution in [0.3, 0.4) is 0 Å². The maximum Gasteiger partial charge on any atom is 0.221 e. The number of aryl methyl sites for hydroxylation is 2. The van der Waals surface area contributed by atoms with E-state index in [0.717, 1.165) is 33.3 Å². The van der Waals surface area contributed by atoms with Gasteiger partial charge in [-0.15, -0.1) is 10.2 Å². The van der Waals surface area contributed by atoms with Crippen molar-refractivity contribution in [1.82, 2.24) is 30.0 Å². The first-order valence-electron chi connectivity index (χ1n) is 10.7. The number of hydrogen-bond acceptors (Lipinski definition) is 5. The Hall–Kier alpha value is -3.94. The van der Waals surface area contributed by atoms with Gasteiger partial charge in [-0.3, -0.25) is 4.79 Å². The molecule has 5 rings (SSSR count). The molecule has 2 N–H and O–H groups in total. The lowest BCUT2D eigenvalue weighted by molar-refractivity contribution is -0.121. The molecule has 3 heterocycles. The van der Waals surface area contributed by atoms with Gasteiger partial charge in [0.25, 0.3) is 0 Å². The Labute approximate surface area is 184 Å². The second-order valence-electron chi connectivity index (χ2n) is 7.80. The summed E-state index contributed by atoms with van der Waals surface area (Å²) in [6, 6.07) is 16.1. The molecule has 0 saturated heterocycles. The molecule has 0 radical (unpaired) electrons. The van der Waals surface area contributed by atoms with Crippen molar-refractivity contribution in [3.8, 4) is 0 Å². The molecular formula is C24H24N6O2. The summed E-state index contributed by atoms with van der Waals surface area (Å²) >= 11 is 0. The number of H-pyrrole nitrogens is 1. The summed E-state index contributed by atoms with van der Waals surface area (Å²) in [6.45, 7) is 0.533. The Morgan fingerprint density at radius 2 is 1.88 bits per heavy atom. The summed E-state index contributed by atoms with van der Waals surface area (Å²) in [4.78, 5) is 20.1. The zero-order valence-corrected chi connectivity index (χ0v) is 17.8. The van der Waals surface area contributed by atoms with Gasteiger partial charge >= 0.3 is 0 Å². The van der Waals surface area contributed by atoms with Gasteiger partial charge in [-0.25, -0.2) is 4.98 Å². The molecule has 2 aromatic carbocycles. The number of carbonyl (C=O) groups is 1. The minimum Gasteiger partial charge on any atom is -0.425 e. The van der Waals surface area contributed by atoms with Gasteiger partial charge in [0.15, 0.2) is 0 Å². The summed E-state index contributed by atoms with van der Waals surface area (Å²) in [6.07, 6.45) is 3.91. The van der Waals surface area contributed by atoms with Crippen LogP contribution in [0.4, 0.5) is 0 Å². The van der Waals surface area contributed by atoms with Crippen LogP contribution in [0.1, 0.15) is 29.6 Å². The molecule has 0 bridgehead atoms. The molecule has 32 heavy (non-hydrogen) atoms. The Morgan fingerprint density at radius 3 is 2.78 bits per heavy atom. The van der Waals surface area contributed by atoms with Gasteiger partial charge in [0, 0.05) is 50.0 Å². The van der Waals surface area contributed by atoms with E-state index in [4.69, 9.17) is 4.42 Å². The summed E-state index contributed by atoms with van der Waals surface area (Å²) in [5.41, 5.74) is 4.25. The van der Waals surface area contributed by atoms with Gasteiger partial charge in [0.2, 0.25) is 17.7 Å². The van der Waals surface area contributed by atoms with Crippen LogP contribution in [0.25, 0.3) is 21.9 Å². The molecule has 162 valence electrons. The van der Waals surface area contributed by atoms with Gasteiger partial charge in [-0.1, -0.05) is 30.3 Å². The lowest BCUT2D eigenvalue weighted by atomic mass is 10.1. The van der Waals surface area contributed by atoms with Gasteiger partial charge in [0.05, 0.1) is 17.5 Å². The fourth-order valence-electron chi connectivity index (χ4n) is 3.94. The number of nitrogens with one attached hydrogen (secondary N) is 2. The molecule has 3 aromatic heterocycles. The van der Waals surface area contributed by atoms with Crippen molar-refractivity contribution in [3.05, 3.63) is 77.9 Å². The highest BCUT2D eigenvalue weighted by molar-refractivity contribution is 5.83. The van der Waals surface area contributed by atoms with E-state index in [-0.39, 0.29) is 5.91 Å². The molecule has 0 aliphatic rings. The van der Waals surface area contributed by atoms with Crippen LogP contribution in [0.2, 0.25) is 0 Å². The van der Waals surface area contributed by atoms with E-state index in [1.165, 1.54) is 0 Å². The van der Waals surface area contributed by atoms with Gasteiger partial charge < -0.3 is 19.3 Å². The molecule has 0 aliphatic carbocycles. The van der Waals surface area contributed by atoms with Crippen molar-refractivity contribution >= 4 is 27.8 Å². The van der Waals surface area contributed by atoms with E-state index in [1.807, 2.05) is 55.7 Å². The van der Waals surface area contributed by atoms with Crippen LogP contribution in [0.5, 0.6) is 0 Å². The molecule has 8 nitrogen and oxygen atoms in total. The van der Waals surface area contributed by atoms with Crippen molar-refractivity contribution < 1.29 is 9.21 Å². The lowest BCUT2D eigenvalue weighted by Gasteiger charge is -2.05. The summed E-state index contributed by atoms with van der Waals surface area (Å²) in [5.74, 6) is 1.93. The van der Waals surface area contributed by atoms with Gasteiger partial charge in [-0.05, 0) is 23.8 Å². The third-order valence-electron chi connectivity index (χ3n) is 5.64. The monoisotopic (exact) mass is 428 g/mol. The number of aromatic nitrogens is 5. The summed E-state index contributed by atoms with van der Waals surface area (Å²) in [5, 5.41) is 12.3. The average Bonchev–Trinajstić information content (AvgIpc) is 3.52. The normalized spacial score (nSPS) is 11.4. The van der Waals surface area contributed by atoms with E-state index in [9.17, 15) is 4.79 Å². The number of hydrogen-bond donors (Lipinski definition) is 2. The maximum absolute atomic E-state index is 12.2. The van der Waals surface area contributed by atoms with E-state index in [1.54, 1.807) is 0 Å². The smallest absolute Gasteiger partial charge is 0.221 e. The molecule has 0 aliphatic heterocycles. The molecule has 5 aromatic rings. The molecular weight excluding hydrogens is 404 g/mol. The number of amides is 1. The van der Waals surface area contributed by atoms with Crippen molar-refractivity contribution in [2.24, 2.45) is 7.05 Å². The largest absolute Gasteiger partial charge is 0.425 e. The Kier molecular flexibility index (Phi) is 5.41. The molecule has 0 atom stereocenters. The third kappa shape index (κ3) is 4.12. The zero-order chi connectivity index (χ0) is 21.9. The second-order valence-corrected chi connectivity index (χ2v) is 7.80. The topological polar surface area (TPSA) is 102 Å². The lowest BCUT2D eigenvalue weighted by Crippen LogP contribution is -2.26. The molecule has 0 fully saturated rings. The number of carbonyl (C=O) groups excluding carboxylic acids is 1. The Morgan fingerprint density at radius 1 is 1.06 bits per heavy atom. The average molecular weight is 428 g/mol. The second kappa shape index (κ2) is 8.66. The van der Waals surface area contributed by atoms with Crippen LogP contribution in [-0.2, 0) is 31.1 Å². The number of benzene rings is 2. The highest BCUT2D eigenvalue weighted by Crippen LogP contribution is 2.20. The first-order valence-corrected chi connectivity index (χ1v) is 10.7. The minimum absolute atomic E-state index is 0.0415. The maximum atomic E-state index is 12.2. The highest BCUT2D eigenvalue weighted by Gasteiger charge is 2.12. The molecule has 0 saturated carbocycles. The van der Waals surface area contributed by atoms with Crippen LogP contribution in [-0.4, -0.2) is 37.2 Å². The number of imidazole rings is 1. The fourth-order valence-corrected chi connectivity index (χ4v) is 3.94.